The average molecular weight is 509 g/mol. The van der Waals surface area contributed by atoms with Crippen LogP contribution in [0.15, 0.2) is 4.99 Å². The molecule has 2 saturated heterocycles. The summed E-state index contributed by atoms with van der Waals surface area (Å²) in [6.07, 6.45) is 9.13. The number of hydrogen-bond acceptors (Lipinski definition) is 4. The number of nitrogens with one attached hydrogen (secondary N) is 1. The van der Waals surface area contributed by atoms with Crippen molar-refractivity contribution in [1.82, 2.24) is 10.2 Å². The highest BCUT2D eigenvalue weighted by Crippen LogP contribution is 2.36. The van der Waals surface area contributed by atoms with Crippen LogP contribution in [0.25, 0.3) is 0 Å². The van der Waals surface area contributed by atoms with Crippen molar-refractivity contribution in [2.45, 2.75) is 83.5 Å². The van der Waals surface area contributed by atoms with Gasteiger partial charge in [-0.2, -0.15) is 0 Å². The second kappa shape index (κ2) is 11.9. The lowest BCUT2D eigenvalue weighted by Crippen LogP contribution is -2.48. The minimum atomic E-state index is -0.227. The molecule has 2 heterocycles. The van der Waals surface area contributed by atoms with E-state index in [-0.39, 0.29) is 35.5 Å². The first-order valence-corrected chi connectivity index (χ1v) is 11.1. The zero-order valence-corrected chi connectivity index (χ0v) is 20.0. The second-order valence-corrected chi connectivity index (χ2v) is 8.74. The topological polar surface area (TPSA) is 66.3 Å². The molecule has 0 spiro atoms. The van der Waals surface area contributed by atoms with Gasteiger partial charge in [-0.3, -0.25) is 4.99 Å². The third-order valence-electron chi connectivity index (χ3n) is 6.49. The lowest BCUT2D eigenvalue weighted by atomic mass is 9.73. The Morgan fingerprint density at radius 3 is 2.64 bits per heavy atom. The Kier molecular flexibility index (Phi) is 10.3. The lowest BCUT2D eigenvalue weighted by molar-refractivity contribution is -0.0368. The van der Waals surface area contributed by atoms with Gasteiger partial charge in [0.2, 0.25) is 0 Å². The van der Waals surface area contributed by atoms with Crippen LogP contribution in [-0.4, -0.2) is 73.7 Å². The Hall–Kier alpha value is -0.120. The molecule has 1 saturated carbocycles. The maximum atomic E-state index is 10.4. The van der Waals surface area contributed by atoms with E-state index in [0.29, 0.717) is 18.8 Å². The van der Waals surface area contributed by atoms with E-state index in [2.05, 4.69) is 24.1 Å². The number of likely N-dealkylation sites (tertiary alicyclic amines) is 1. The number of hydrogen-bond donors (Lipinski definition) is 2. The van der Waals surface area contributed by atoms with Crippen molar-refractivity contribution in [3.05, 3.63) is 0 Å². The number of aliphatic imine (C=N–C) groups is 1. The van der Waals surface area contributed by atoms with Crippen molar-refractivity contribution in [2.75, 3.05) is 39.4 Å². The van der Waals surface area contributed by atoms with Gasteiger partial charge in [0.25, 0.3) is 0 Å². The second-order valence-electron chi connectivity index (χ2n) is 8.74. The van der Waals surface area contributed by atoms with E-state index in [4.69, 9.17) is 14.5 Å². The van der Waals surface area contributed by atoms with Gasteiger partial charge in [-0.1, -0.05) is 19.8 Å². The van der Waals surface area contributed by atoms with Crippen LogP contribution in [0.4, 0.5) is 0 Å². The molecule has 3 unspecified atom stereocenters. The molecule has 28 heavy (non-hydrogen) atoms. The van der Waals surface area contributed by atoms with Crippen molar-refractivity contribution in [1.29, 1.82) is 0 Å². The minimum absolute atomic E-state index is 0. The zero-order valence-electron chi connectivity index (χ0n) is 17.7. The zero-order chi connectivity index (χ0) is 19.1. The number of nitrogens with zero attached hydrogens (tertiary/aromatic N) is 2. The van der Waals surface area contributed by atoms with Crippen LogP contribution in [0.2, 0.25) is 0 Å². The molecule has 0 radical (unpaired) electrons. The third-order valence-corrected chi connectivity index (χ3v) is 6.49. The van der Waals surface area contributed by atoms with Crippen LogP contribution < -0.4 is 5.32 Å². The summed E-state index contributed by atoms with van der Waals surface area (Å²) in [5.74, 6) is 0.995. The van der Waals surface area contributed by atoms with Gasteiger partial charge in [0.1, 0.15) is 0 Å². The first kappa shape index (κ1) is 24.2. The van der Waals surface area contributed by atoms with Crippen LogP contribution in [0, 0.1) is 5.41 Å². The lowest BCUT2D eigenvalue weighted by Gasteiger charge is -2.38. The summed E-state index contributed by atoms with van der Waals surface area (Å²) in [6.45, 7) is 9.46. The molecule has 6 nitrogen and oxygen atoms in total. The SMILES string of the molecule is CCNC(=NCC1(C)CCCCC1O)N1CCC(OCC2CCCO2)CC1.I. The van der Waals surface area contributed by atoms with E-state index >= 15 is 0 Å². The summed E-state index contributed by atoms with van der Waals surface area (Å²) in [5.41, 5.74) is -0.0817. The molecule has 1 aliphatic carbocycles. The van der Waals surface area contributed by atoms with Crippen LogP contribution in [-0.2, 0) is 9.47 Å². The van der Waals surface area contributed by atoms with E-state index in [0.717, 1.165) is 77.3 Å². The molecule has 3 fully saturated rings. The Balaban J connectivity index is 0.00000280. The molecule has 0 amide bonds. The van der Waals surface area contributed by atoms with Gasteiger partial charge in [0.05, 0.1) is 31.5 Å². The number of aliphatic hydroxyl groups excluding tert-OH is 1. The fraction of sp³-hybridized carbons (Fsp3) is 0.952. The van der Waals surface area contributed by atoms with Gasteiger partial charge in [-0.05, 0) is 45.4 Å². The molecule has 0 aromatic heterocycles. The largest absolute Gasteiger partial charge is 0.392 e. The van der Waals surface area contributed by atoms with Gasteiger partial charge in [-0.25, -0.2) is 0 Å². The third kappa shape index (κ3) is 6.71. The number of halogens is 1. The van der Waals surface area contributed by atoms with E-state index < -0.39 is 0 Å². The van der Waals surface area contributed by atoms with Crippen LogP contribution in [0.3, 0.4) is 0 Å². The molecule has 3 rings (SSSR count). The predicted molar refractivity (Wildman–Crippen MR) is 123 cm³/mol. The fourth-order valence-corrected chi connectivity index (χ4v) is 4.50. The maximum absolute atomic E-state index is 10.4. The Morgan fingerprint density at radius 2 is 2.00 bits per heavy atom. The predicted octanol–water partition coefficient (Wildman–Crippen LogP) is 3.17. The summed E-state index contributed by atoms with van der Waals surface area (Å²) in [5, 5.41) is 13.9. The number of guanidine groups is 1. The molecule has 3 atom stereocenters. The molecule has 164 valence electrons. The number of ether oxygens (including phenoxy) is 2. The smallest absolute Gasteiger partial charge is 0.193 e. The van der Waals surface area contributed by atoms with Crippen LogP contribution in [0.5, 0.6) is 0 Å². The Labute approximate surface area is 187 Å². The first-order valence-electron chi connectivity index (χ1n) is 11.1. The Morgan fingerprint density at radius 1 is 1.21 bits per heavy atom. The molecule has 0 aromatic rings. The summed E-state index contributed by atoms with van der Waals surface area (Å²) in [7, 11) is 0. The quantitative estimate of drug-likeness (QED) is 0.327. The fourth-order valence-electron chi connectivity index (χ4n) is 4.50. The van der Waals surface area contributed by atoms with E-state index in [1.165, 1.54) is 12.8 Å². The average Bonchev–Trinajstić information content (AvgIpc) is 3.20. The first-order chi connectivity index (χ1) is 13.1. The van der Waals surface area contributed by atoms with Crippen molar-refractivity contribution in [3.8, 4) is 0 Å². The van der Waals surface area contributed by atoms with Crippen molar-refractivity contribution in [2.24, 2.45) is 10.4 Å². The van der Waals surface area contributed by atoms with E-state index in [1.807, 2.05) is 0 Å². The van der Waals surface area contributed by atoms with Crippen molar-refractivity contribution in [3.63, 3.8) is 0 Å². The molecular weight excluding hydrogens is 469 g/mol. The monoisotopic (exact) mass is 509 g/mol. The molecule has 0 bridgehead atoms. The summed E-state index contributed by atoms with van der Waals surface area (Å²) < 4.78 is 11.8. The highest BCUT2D eigenvalue weighted by molar-refractivity contribution is 14.0. The summed E-state index contributed by atoms with van der Waals surface area (Å²) in [6, 6.07) is 0. The van der Waals surface area contributed by atoms with Gasteiger partial charge < -0.3 is 24.8 Å². The van der Waals surface area contributed by atoms with Crippen LogP contribution >= 0.6 is 24.0 Å². The number of rotatable bonds is 6. The molecular formula is C21H40IN3O3. The maximum Gasteiger partial charge on any atom is 0.193 e. The van der Waals surface area contributed by atoms with Gasteiger partial charge >= 0.3 is 0 Å². The number of aliphatic hydroxyl groups is 1. The highest BCUT2D eigenvalue weighted by Gasteiger charge is 2.35. The summed E-state index contributed by atoms with van der Waals surface area (Å²) in [4.78, 5) is 7.28. The molecule has 2 aliphatic heterocycles. The number of piperidine rings is 1. The van der Waals surface area contributed by atoms with E-state index in [1.54, 1.807) is 0 Å². The van der Waals surface area contributed by atoms with Gasteiger partial charge in [-0.15, -0.1) is 24.0 Å². The molecule has 7 heteroatoms. The molecule has 2 N–H and O–H groups in total. The van der Waals surface area contributed by atoms with Gasteiger partial charge in [0, 0.05) is 31.7 Å². The molecule has 3 aliphatic rings. The minimum Gasteiger partial charge on any atom is -0.392 e. The highest BCUT2D eigenvalue weighted by atomic mass is 127. The van der Waals surface area contributed by atoms with Crippen molar-refractivity contribution >= 4 is 29.9 Å². The standard InChI is InChI=1S/C21H39N3O3.HI/c1-3-22-20(23-16-21(2)11-5-4-8-19(21)25)24-12-9-17(10-13-24)27-15-18-7-6-14-26-18;/h17-19,25H,3-16H2,1-2H3,(H,22,23);1H. The van der Waals surface area contributed by atoms with Crippen molar-refractivity contribution < 1.29 is 14.6 Å². The van der Waals surface area contributed by atoms with Gasteiger partial charge in [0.15, 0.2) is 5.96 Å². The van der Waals surface area contributed by atoms with E-state index in [9.17, 15) is 5.11 Å². The molecule has 0 aromatic carbocycles. The summed E-state index contributed by atoms with van der Waals surface area (Å²) >= 11 is 0. The normalized spacial score (nSPS) is 32.2. The Bertz CT molecular complexity index is 480. The van der Waals surface area contributed by atoms with Crippen LogP contribution in [0.1, 0.15) is 65.2 Å².